The van der Waals surface area contributed by atoms with Gasteiger partial charge in [0.15, 0.2) is 0 Å². The van der Waals surface area contributed by atoms with Gasteiger partial charge in [-0.05, 0) is 17.7 Å². The van der Waals surface area contributed by atoms with E-state index in [0.717, 1.165) is 34.4 Å². The smallest absolute Gasteiger partial charge is 0.135 e. The summed E-state index contributed by atoms with van der Waals surface area (Å²) in [6, 6.07) is 19.0. The maximum absolute atomic E-state index is 5.99. The number of furan rings is 1. The minimum Gasteiger partial charge on any atom is -0.456 e. The minimum atomic E-state index is 0.495. The number of ether oxygens (including phenoxy) is 1. The van der Waals surface area contributed by atoms with Gasteiger partial charge in [-0.3, -0.25) is 0 Å². The quantitative estimate of drug-likeness (QED) is 0.647. The normalized spacial score (nSPS) is 11.4. The Hall–Kier alpha value is -2.10. The first-order valence-electron chi connectivity index (χ1n) is 8.11. The molecule has 3 heteroatoms. The van der Waals surface area contributed by atoms with E-state index >= 15 is 0 Å². The lowest BCUT2D eigenvalue weighted by atomic mass is 10.1. The van der Waals surface area contributed by atoms with Crippen LogP contribution in [0.4, 0.5) is 0 Å². The van der Waals surface area contributed by atoms with Crippen molar-refractivity contribution in [1.29, 1.82) is 0 Å². The van der Waals surface area contributed by atoms with E-state index in [2.05, 4.69) is 55.6 Å². The minimum absolute atomic E-state index is 0.495. The van der Waals surface area contributed by atoms with Crippen molar-refractivity contribution >= 4 is 11.0 Å². The van der Waals surface area contributed by atoms with E-state index in [-0.39, 0.29) is 0 Å². The molecule has 1 heterocycles. The molecule has 3 rings (SSSR count). The van der Waals surface area contributed by atoms with Crippen molar-refractivity contribution in [3.8, 4) is 11.3 Å². The molecule has 3 nitrogen and oxygen atoms in total. The van der Waals surface area contributed by atoms with E-state index in [1.165, 1.54) is 0 Å². The van der Waals surface area contributed by atoms with Crippen LogP contribution in [0, 0.1) is 0 Å². The van der Waals surface area contributed by atoms with Gasteiger partial charge in [0.05, 0.1) is 13.2 Å². The van der Waals surface area contributed by atoms with E-state index in [1.54, 1.807) is 0 Å². The molecule has 0 bridgehead atoms. The molecule has 0 aliphatic rings. The van der Waals surface area contributed by atoms with Crippen LogP contribution < -0.4 is 5.32 Å². The van der Waals surface area contributed by atoms with Crippen molar-refractivity contribution in [3.05, 3.63) is 60.2 Å². The van der Waals surface area contributed by atoms with Crippen LogP contribution in [0.1, 0.15) is 19.4 Å². The predicted molar refractivity (Wildman–Crippen MR) is 94.4 cm³/mol. The van der Waals surface area contributed by atoms with E-state index in [4.69, 9.17) is 9.15 Å². The van der Waals surface area contributed by atoms with Crippen molar-refractivity contribution in [1.82, 2.24) is 5.32 Å². The Morgan fingerprint density at radius 3 is 2.65 bits per heavy atom. The van der Waals surface area contributed by atoms with Crippen LogP contribution in [0.2, 0.25) is 0 Å². The van der Waals surface area contributed by atoms with Gasteiger partial charge in [0.1, 0.15) is 11.3 Å². The zero-order valence-electron chi connectivity index (χ0n) is 13.7. The van der Waals surface area contributed by atoms with Crippen LogP contribution in [0.25, 0.3) is 22.3 Å². The van der Waals surface area contributed by atoms with Crippen molar-refractivity contribution in [2.75, 3.05) is 13.2 Å². The third-order valence-corrected chi connectivity index (χ3v) is 3.71. The lowest BCUT2D eigenvalue weighted by Crippen LogP contribution is -2.26. The summed E-state index contributed by atoms with van der Waals surface area (Å²) in [5.74, 6) is 0.903. The van der Waals surface area contributed by atoms with E-state index < -0.39 is 0 Å². The highest BCUT2D eigenvalue weighted by atomic mass is 16.5. The highest BCUT2D eigenvalue weighted by Crippen LogP contribution is 2.28. The number of nitrogens with one attached hydrogen (secondary N) is 1. The van der Waals surface area contributed by atoms with Gasteiger partial charge in [0.2, 0.25) is 0 Å². The summed E-state index contributed by atoms with van der Waals surface area (Å²) in [4.78, 5) is 0. The fraction of sp³-hybridized carbons (Fsp3) is 0.300. The third kappa shape index (κ3) is 4.21. The standard InChI is InChI=1S/C20H23NO2/c1-15(2)21-10-11-22-14-16-8-9-18-13-20(23-19(18)12-16)17-6-4-3-5-7-17/h3-9,12-13,15,21H,10-11,14H2,1-2H3. The number of hydrogen-bond acceptors (Lipinski definition) is 3. The second kappa shape index (κ2) is 7.44. The average Bonchev–Trinajstić information content (AvgIpc) is 2.98. The van der Waals surface area contributed by atoms with Crippen LogP contribution >= 0.6 is 0 Å². The Labute approximate surface area is 137 Å². The maximum Gasteiger partial charge on any atom is 0.135 e. The lowest BCUT2D eigenvalue weighted by molar-refractivity contribution is 0.121. The molecule has 0 saturated carbocycles. The molecule has 0 unspecified atom stereocenters. The summed E-state index contributed by atoms with van der Waals surface area (Å²) in [6.45, 7) is 6.46. The molecule has 1 aromatic heterocycles. The molecule has 1 N–H and O–H groups in total. The summed E-state index contributed by atoms with van der Waals surface area (Å²) < 4.78 is 11.7. The Bertz CT molecular complexity index is 747. The average molecular weight is 309 g/mol. The first kappa shape index (κ1) is 15.8. The predicted octanol–water partition coefficient (Wildman–Crippen LogP) is 4.61. The van der Waals surface area contributed by atoms with E-state index in [0.29, 0.717) is 19.3 Å². The molecule has 3 aromatic rings. The third-order valence-electron chi connectivity index (χ3n) is 3.71. The highest BCUT2D eigenvalue weighted by Gasteiger charge is 2.06. The molecular weight excluding hydrogens is 286 g/mol. The van der Waals surface area contributed by atoms with Crippen molar-refractivity contribution < 1.29 is 9.15 Å². The largest absolute Gasteiger partial charge is 0.456 e. The Morgan fingerprint density at radius 2 is 1.87 bits per heavy atom. The summed E-state index contributed by atoms with van der Waals surface area (Å²) in [5, 5.41) is 4.46. The van der Waals surface area contributed by atoms with Crippen LogP contribution in [-0.4, -0.2) is 19.2 Å². The Balaban J connectivity index is 1.65. The van der Waals surface area contributed by atoms with Gasteiger partial charge in [0, 0.05) is 23.5 Å². The van der Waals surface area contributed by atoms with Gasteiger partial charge in [-0.15, -0.1) is 0 Å². The molecule has 120 valence electrons. The fourth-order valence-electron chi connectivity index (χ4n) is 2.52. The summed E-state index contributed by atoms with van der Waals surface area (Å²) in [6.07, 6.45) is 0. The van der Waals surface area contributed by atoms with E-state index in [1.807, 2.05) is 18.2 Å². The van der Waals surface area contributed by atoms with Gasteiger partial charge in [-0.2, -0.15) is 0 Å². The molecule has 0 aliphatic heterocycles. The van der Waals surface area contributed by atoms with Gasteiger partial charge >= 0.3 is 0 Å². The Morgan fingerprint density at radius 1 is 1.04 bits per heavy atom. The molecule has 0 aliphatic carbocycles. The van der Waals surface area contributed by atoms with Crippen LogP contribution in [0.3, 0.4) is 0 Å². The summed E-state index contributed by atoms with van der Waals surface area (Å²) >= 11 is 0. The van der Waals surface area contributed by atoms with E-state index in [9.17, 15) is 0 Å². The zero-order chi connectivity index (χ0) is 16.1. The first-order chi connectivity index (χ1) is 11.2. The first-order valence-corrected chi connectivity index (χ1v) is 8.11. The monoisotopic (exact) mass is 309 g/mol. The number of rotatable bonds is 7. The topological polar surface area (TPSA) is 34.4 Å². The summed E-state index contributed by atoms with van der Waals surface area (Å²) in [7, 11) is 0. The SMILES string of the molecule is CC(C)NCCOCc1ccc2cc(-c3ccccc3)oc2c1. The van der Waals surface area contributed by atoms with Crippen LogP contribution in [-0.2, 0) is 11.3 Å². The molecule has 0 atom stereocenters. The molecule has 23 heavy (non-hydrogen) atoms. The number of benzene rings is 2. The number of fused-ring (bicyclic) bond motifs is 1. The molecule has 0 fully saturated rings. The second-order valence-electron chi connectivity index (χ2n) is 6.01. The second-order valence-corrected chi connectivity index (χ2v) is 6.01. The molecule has 0 amide bonds. The summed E-state index contributed by atoms with van der Waals surface area (Å²) in [5.41, 5.74) is 3.14. The maximum atomic E-state index is 5.99. The van der Waals surface area contributed by atoms with Gasteiger partial charge in [0.25, 0.3) is 0 Å². The van der Waals surface area contributed by atoms with Crippen molar-refractivity contribution in [3.63, 3.8) is 0 Å². The van der Waals surface area contributed by atoms with Gasteiger partial charge < -0.3 is 14.5 Å². The molecule has 2 aromatic carbocycles. The van der Waals surface area contributed by atoms with Crippen LogP contribution in [0.15, 0.2) is 59.0 Å². The van der Waals surface area contributed by atoms with Gasteiger partial charge in [-0.25, -0.2) is 0 Å². The van der Waals surface area contributed by atoms with Crippen molar-refractivity contribution in [2.24, 2.45) is 0 Å². The molecule has 0 spiro atoms. The van der Waals surface area contributed by atoms with Crippen LogP contribution in [0.5, 0.6) is 0 Å². The van der Waals surface area contributed by atoms with Gasteiger partial charge in [-0.1, -0.05) is 56.3 Å². The lowest BCUT2D eigenvalue weighted by Gasteiger charge is -2.08. The fourth-order valence-corrected chi connectivity index (χ4v) is 2.52. The highest BCUT2D eigenvalue weighted by molar-refractivity contribution is 5.83. The molecule has 0 saturated heterocycles. The molecular formula is C20H23NO2. The molecule has 0 radical (unpaired) electrons. The zero-order valence-corrected chi connectivity index (χ0v) is 13.7. The number of hydrogen-bond donors (Lipinski definition) is 1. The van der Waals surface area contributed by atoms with Crippen molar-refractivity contribution in [2.45, 2.75) is 26.5 Å². The Kier molecular flexibility index (Phi) is 5.11.